The summed E-state index contributed by atoms with van der Waals surface area (Å²) in [5, 5.41) is 8.07. The van der Waals surface area contributed by atoms with Crippen LogP contribution < -0.4 is 11.1 Å². The van der Waals surface area contributed by atoms with Gasteiger partial charge >= 0.3 is 0 Å². The van der Waals surface area contributed by atoms with E-state index in [9.17, 15) is 4.79 Å². The number of nitrogens with zero attached hydrogens (tertiary/aromatic N) is 2. The molecule has 3 N–H and O–H groups in total. The average Bonchev–Trinajstić information content (AvgIpc) is 2.92. The second-order valence-corrected chi connectivity index (χ2v) is 4.39. The zero-order valence-electron chi connectivity index (χ0n) is 10.3. The summed E-state index contributed by atoms with van der Waals surface area (Å²) in [6.07, 6.45) is 0. The van der Waals surface area contributed by atoms with Gasteiger partial charge in [-0.25, -0.2) is 0 Å². The van der Waals surface area contributed by atoms with E-state index in [2.05, 4.69) is 26.7 Å². The zero-order valence-corrected chi connectivity index (χ0v) is 11.1. The predicted molar refractivity (Wildman–Crippen MR) is 75.0 cm³/mol. The van der Waals surface area contributed by atoms with Gasteiger partial charge in [-0.2, -0.15) is 0 Å². The van der Waals surface area contributed by atoms with Crippen molar-refractivity contribution in [1.29, 1.82) is 0 Å². The summed E-state index contributed by atoms with van der Waals surface area (Å²) >= 11 is 1.14. The summed E-state index contributed by atoms with van der Waals surface area (Å²) in [7, 11) is 0. The van der Waals surface area contributed by atoms with E-state index in [1.54, 1.807) is 11.4 Å². The van der Waals surface area contributed by atoms with Gasteiger partial charge in [0.05, 0.1) is 6.54 Å². The molecule has 1 aromatic heterocycles. The fourth-order valence-corrected chi connectivity index (χ4v) is 1.92. The highest BCUT2D eigenvalue weighted by Crippen LogP contribution is 2.15. The zero-order chi connectivity index (χ0) is 13.7. The molecule has 0 aliphatic rings. The van der Waals surface area contributed by atoms with Crippen molar-refractivity contribution >= 4 is 23.1 Å². The van der Waals surface area contributed by atoms with Crippen LogP contribution in [-0.2, 0) is 0 Å². The number of aromatic nitrogens is 2. The van der Waals surface area contributed by atoms with Crippen molar-refractivity contribution < 1.29 is 4.79 Å². The molecule has 0 unspecified atom stereocenters. The average molecular weight is 272 g/mol. The molecule has 0 bridgehead atoms. The van der Waals surface area contributed by atoms with Crippen molar-refractivity contribution in [1.82, 2.24) is 9.59 Å². The lowest BCUT2D eigenvalue weighted by atomic mass is 10.1. The molecule has 5 nitrogen and oxygen atoms in total. The Morgan fingerprint density at radius 2 is 2.37 bits per heavy atom. The van der Waals surface area contributed by atoms with Crippen LogP contribution >= 0.6 is 11.5 Å². The fourth-order valence-electron chi connectivity index (χ4n) is 1.49. The van der Waals surface area contributed by atoms with E-state index in [4.69, 9.17) is 5.73 Å². The van der Waals surface area contributed by atoms with Crippen LogP contribution in [0.5, 0.6) is 0 Å². The Morgan fingerprint density at radius 1 is 1.53 bits per heavy atom. The topological polar surface area (TPSA) is 80.9 Å². The Labute approximate surface area is 115 Å². The van der Waals surface area contributed by atoms with Crippen LogP contribution in [0.4, 0.5) is 5.69 Å². The Bertz CT molecular complexity index is 640. The molecule has 2 aromatic rings. The molecule has 0 spiro atoms. The molecule has 0 radical (unpaired) electrons. The molecule has 0 atom stereocenters. The number of hydrogen-bond acceptors (Lipinski definition) is 5. The number of carbonyl (C=O) groups is 1. The van der Waals surface area contributed by atoms with Crippen molar-refractivity contribution in [2.24, 2.45) is 5.73 Å². The van der Waals surface area contributed by atoms with Gasteiger partial charge in [0.2, 0.25) is 0 Å². The third-order valence-corrected chi connectivity index (χ3v) is 2.91. The quantitative estimate of drug-likeness (QED) is 0.810. The number of hydrogen-bond donors (Lipinski definition) is 2. The first kappa shape index (κ1) is 13.2. The number of anilines is 1. The maximum absolute atomic E-state index is 11.8. The minimum absolute atomic E-state index is 0.269. The van der Waals surface area contributed by atoms with Crippen molar-refractivity contribution in [2.45, 2.75) is 6.92 Å². The third kappa shape index (κ3) is 3.37. The highest BCUT2D eigenvalue weighted by molar-refractivity contribution is 7.03. The molecule has 19 heavy (non-hydrogen) atoms. The molecule has 0 aliphatic carbocycles. The normalized spacial score (nSPS) is 9.58. The Kier molecular flexibility index (Phi) is 4.23. The van der Waals surface area contributed by atoms with E-state index in [-0.39, 0.29) is 5.91 Å². The van der Waals surface area contributed by atoms with Gasteiger partial charge < -0.3 is 11.1 Å². The molecule has 0 saturated heterocycles. The number of aryl methyl sites for hydroxylation is 1. The largest absolute Gasteiger partial charge is 0.321 e. The highest BCUT2D eigenvalue weighted by Gasteiger charge is 2.09. The monoisotopic (exact) mass is 272 g/mol. The molecular formula is C13H12N4OS. The van der Waals surface area contributed by atoms with Crippen LogP contribution in [0.1, 0.15) is 21.6 Å². The first-order chi connectivity index (χ1) is 9.20. The standard InChI is InChI=1S/C13H12N4OS/c1-9-7-11(5-4-10(9)3-2-6-14)15-13(18)12-8-19-17-16-12/h4-5,7-8H,6,14H2,1H3,(H,15,18). The van der Waals surface area contributed by atoms with Crippen LogP contribution in [0.15, 0.2) is 23.6 Å². The van der Waals surface area contributed by atoms with Crippen molar-refractivity contribution in [3.8, 4) is 11.8 Å². The van der Waals surface area contributed by atoms with Gasteiger partial charge in [-0.3, -0.25) is 4.79 Å². The molecule has 1 amide bonds. The van der Waals surface area contributed by atoms with Gasteiger partial charge in [-0.1, -0.05) is 16.3 Å². The van der Waals surface area contributed by atoms with E-state index in [1.165, 1.54) is 0 Å². The van der Waals surface area contributed by atoms with Crippen LogP contribution in [0.3, 0.4) is 0 Å². The summed E-state index contributed by atoms with van der Waals surface area (Å²) in [5.74, 6) is 5.50. The van der Waals surface area contributed by atoms with E-state index in [0.717, 1.165) is 22.7 Å². The van der Waals surface area contributed by atoms with Crippen LogP contribution in [0.2, 0.25) is 0 Å². The van der Waals surface area contributed by atoms with E-state index >= 15 is 0 Å². The smallest absolute Gasteiger partial charge is 0.277 e. The van der Waals surface area contributed by atoms with E-state index in [1.807, 2.05) is 19.1 Å². The Morgan fingerprint density at radius 3 is 3.00 bits per heavy atom. The van der Waals surface area contributed by atoms with Crippen molar-refractivity contribution in [3.63, 3.8) is 0 Å². The highest BCUT2D eigenvalue weighted by atomic mass is 32.1. The molecule has 2 rings (SSSR count). The first-order valence-corrected chi connectivity index (χ1v) is 6.42. The minimum Gasteiger partial charge on any atom is -0.321 e. The summed E-state index contributed by atoms with van der Waals surface area (Å²) in [6.45, 7) is 2.26. The van der Waals surface area contributed by atoms with Gasteiger partial charge in [-0.05, 0) is 42.2 Å². The summed E-state index contributed by atoms with van der Waals surface area (Å²) in [5.41, 5.74) is 8.23. The number of amides is 1. The van der Waals surface area contributed by atoms with Crippen LogP contribution in [0, 0.1) is 18.8 Å². The van der Waals surface area contributed by atoms with Gasteiger partial charge in [0.15, 0.2) is 5.69 Å². The van der Waals surface area contributed by atoms with Gasteiger partial charge in [0.1, 0.15) is 0 Å². The number of benzene rings is 1. The predicted octanol–water partition coefficient (Wildman–Crippen LogP) is 1.41. The maximum atomic E-state index is 11.8. The Hall–Kier alpha value is -2.23. The van der Waals surface area contributed by atoms with Crippen molar-refractivity contribution in [3.05, 3.63) is 40.4 Å². The number of nitrogens with one attached hydrogen (secondary N) is 1. The lowest BCUT2D eigenvalue weighted by molar-refractivity contribution is 0.102. The first-order valence-electron chi connectivity index (χ1n) is 5.58. The molecular weight excluding hydrogens is 260 g/mol. The number of rotatable bonds is 2. The lowest BCUT2D eigenvalue weighted by Gasteiger charge is -2.05. The second-order valence-electron chi connectivity index (χ2n) is 3.78. The lowest BCUT2D eigenvalue weighted by Crippen LogP contribution is -2.12. The van der Waals surface area contributed by atoms with Gasteiger partial charge in [0, 0.05) is 16.6 Å². The minimum atomic E-state index is -0.269. The van der Waals surface area contributed by atoms with Gasteiger partial charge in [-0.15, -0.1) is 5.10 Å². The summed E-state index contributed by atoms with van der Waals surface area (Å²) in [4.78, 5) is 11.8. The maximum Gasteiger partial charge on any atom is 0.277 e. The molecule has 96 valence electrons. The molecule has 1 heterocycles. The fraction of sp³-hybridized carbons (Fsp3) is 0.154. The third-order valence-electron chi connectivity index (χ3n) is 2.40. The van der Waals surface area contributed by atoms with Crippen LogP contribution in [-0.4, -0.2) is 22.0 Å². The number of nitrogens with two attached hydrogens (primary N) is 1. The molecule has 0 aliphatic heterocycles. The molecule has 6 heteroatoms. The van der Waals surface area contributed by atoms with Gasteiger partial charge in [0.25, 0.3) is 5.91 Å². The summed E-state index contributed by atoms with van der Waals surface area (Å²) in [6, 6.07) is 5.51. The SMILES string of the molecule is Cc1cc(NC(=O)c2csnn2)ccc1C#CCN. The Balaban J connectivity index is 2.14. The molecule has 0 saturated carbocycles. The number of carbonyl (C=O) groups excluding carboxylic acids is 1. The second kappa shape index (κ2) is 6.09. The summed E-state index contributed by atoms with van der Waals surface area (Å²) < 4.78 is 3.65. The van der Waals surface area contributed by atoms with Crippen LogP contribution in [0.25, 0.3) is 0 Å². The molecule has 1 aromatic carbocycles. The van der Waals surface area contributed by atoms with E-state index < -0.39 is 0 Å². The van der Waals surface area contributed by atoms with E-state index in [0.29, 0.717) is 17.9 Å². The van der Waals surface area contributed by atoms with Crippen molar-refractivity contribution in [2.75, 3.05) is 11.9 Å². The molecule has 0 fully saturated rings.